The molecule has 9 heteroatoms. The summed E-state index contributed by atoms with van der Waals surface area (Å²) in [5.41, 5.74) is 1.26. The maximum Gasteiger partial charge on any atom is 0.251 e. The van der Waals surface area contributed by atoms with Crippen LogP contribution < -0.4 is 10.6 Å². The lowest BCUT2D eigenvalue weighted by atomic mass is 10.0. The molecule has 1 aliphatic carbocycles. The van der Waals surface area contributed by atoms with Gasteiger partial charge in [-0.15, -0.1) is 0 Å². The van der Waals surface area contributed by atoms with Crippen LogP contribution in [0.2, 0.25) is 10.0 Å². The van der Waals surface area contributed by atoms with Gasteiger partial charge in [0.25, 0.3) is 5.91 Å². The number of nitrogens with zero attached hydrogens (tertiary/aromatic N) is 1. The van der Waals surface area contributed by atoms with Crippen molar-refractivity contribution in [2.75, 3.05) is 11.9 Å². The Morgan fingerprint density at radius 2 is 1.90 bits per heavy atom. The van der Waals surface area contributed by atoms with Gasteiger partial charge in [0.2, 0.25) is 5.91 Å². The van der Waals surface area contributed by atoms with Crippen LogP contribution in [0.25, 0.3) is 10.9 Å². The third-order valence-corrected chi connectivity index (χ3v) is 5.50. The van der Waals surface area contributed by atoms with Crippen molar-refractivity contribution in [3.63, 3.8) is 0 Å². The largest absolute Gasteiger partial charge is 0.357 e. The highest BCUT2D eigenvalue weighted by Gasteiger charge is 2.30. The second-order valence-electron chi connectivity index (χ2n) is 7.05. The number of nitrogens with one attached hydrogen (secondary N) is 3. The molecule has 3 aromatic rings. The van der Waals surface area contributed by atoms with Crippen LogP contribution in [0.3, 0.4) is 0 Å². The highest BCUT2D eigenvalue weighted by molar-refractivity contribution is 6.42. The second-order valence-corrected chi connectivity index (χ2v) is 7.87. The SMILES string of the molecule is CCNC(=O)c1cc(Cl)c(C(=O)c2c[nH]c3c(NC(=O)C4CC4)nccc23)c(Cl)c1. The second kappa shape index (κ2) is 8.08. The smallest absolute Gasteiger partial charge is 0.251 e. The van der Waals surface area contributed by atoms with Gasteiger partial charge in [-0.05, 0) is 38.0 Å². The van der Waals surface area contributed by atoms with Gasteiger partial charge in [0, 0.05) is 41.4 Å². The van der Waals surface area contributed by atoms with Crippen molar-refractivity contribution in [3.05, 3.63) is 57.3 Å². The Labute approximate surface area is 182 Å². The standard InChI is InChI=1S/C21H18Cl2N4O3/c1-2-24-20(29)11-7-14(22)16(15(23)8-11)18(28)13-9-26-17-12(13)5-6-25-19(17)27-21(30)10-3-4-10/h5-10,26H,2-4H2,1H3,(H,24,29)(H,25,27,30). The molecule has 0 radical (unpaired) electrons. The molecule has 1 aliphatic rings. The fourth-order valence-electron chi connectivity index (χ4n) is 3.22. The third kappa shape index (κ3) is 3.78. The van der Waals surface area contributed by atoms with Crippen molar-refractivity contribution in [2.24, 2.45) is 5.92 Å². The third-order valence-electron chi connectivity index (χ3n) is 4.91. The van der Waals surface area contributed by atoms with Crippen LogP contribution in [0.5, 0.6) is 0 Å². The Hall–Kier alpha value is -2.90. The fraction of sp³-hybridized carbons (Fsp3) is 0.238. The first-order valence-corrected chi connectivity index (χ1v) is 10.2. The predicted molar refractivity (Wildman–Crippen MR) is 115 cm³/mol. The molecule has 0 saturated heterocycles. The predicted octanol–water partition coefficient (Wildman–Crippen LogP) is 4.20. The Kier molecular flexibility index (Phi) is 5.49. The molecule has 2 aromatic heterocycles. The minimum atomic E-state index is -0.399. The van der Waals surface area contributed by atoms with Crippen LogP contribution in [-0.2, 0) is 4.79 Å². The average Bonchev–Trinajstić information content (AvgIpc) is 3.47. The quantitative estimate of drug-likeness (QED) is 0.495. The van der Waals surface area contributed by atoms with E-state index in [2.05, 4.69) is 20.6 Å². The van der Waals surface area contributed by atoms with Crippen LogP contribution in [-0.4, -0.2) is 34.1 Å². The lowest BCUT2D eigenvalue weighted by Gasteiger charge is -2.09. The molecule has 2 amide bonds. The number of H-pyrrole nitrogens is 1. The number of ketones is 1. The van der Waals surface area contributed by atoms with Gasteiger partial charge in [0.1, 0.15) is 0 Å². The zero-order valence-corrected chi connectivity index (χ0v) is 17.5. The summed E-state index contributed by atoms with van der Waals surface area (Å²) in [4.78, 5) is 44.6. The van der Waals surface area contributed by atoms with E-state index >= 15 is 0 Å². The maximum atomic E-state index is 13.2. The van der Waals surface area contributed by atoms with Crippen molar-refractivity contribution in [2.45, 2.75) is 19.8 Å². The van der Waals surface area contributed by atoms with E-state index in [4.69, 9.17) is 23.2 Å². The number of pyridine rings is 1. The number of rotatable bonds is 6. The number of halogens is 2. The van der Waals surface area contributed by atoms with E-state index in [1.165, 1.54) is 24.5 Å². The zero-order valence-electron chi connectivity index (χ0n) is 16.0. The summed E-state index contributed by atoms with van der Waals surface area (Å²) in [6, 6.07) is 4.52. The van der Waals surface area contributed by atoms with E-state index in [1.54, 1.807) is 13.0 Å². The number of amides is 2. The topological polar surface area (TPSA) is 104 Å². The number of fused-ring (bicyclic) bond motifs is 1. The molecule has 7 nitrogen and oxygen atoms in total. The van der Waals surface area contributed by atoms with Gasteiger partial charge >= 0.3 is 0 Å². The first-order chi connectivity index (χ1) is 14.4. The summed E-state index contributed by atoms with van der Waals surface area (Å²) in [5, 5.41) is 6.22. The summed E-state index contributed by atoms with van der Waals surface area (Å²) < 4.78 is 0. The number of carbonyl (C=O) groups excluding carboxylic acids is 3. The molecular weight excluding hydrogens is 427 g/mol. The highest BCUT2D eigenvalue weighted by atomic mass is 35.5. The van der Waals surface area contributed by atoms with Crippen molar-refractivity contribution in [1.82, 2.24) is 15.3 Å². The summed E-state index contributed by atoms with van der Waals surface area (Å²) >= 11 is 12.6. The highest BCUT2D eigenvalue weighted by Crippen LogP contribution is 2.34. The Balaban J connectivity index is 1.70. The summed E-state index contributed by atoms with van der Waals surface area (Å²) in [5.74, 6) is -0.408. The zero-order chi connectivity index (χ0) is 21.4. The summed E-state index contributed by atoms with van der Waals surface area (Å²) in [7, 11) is 0. The number of carbonyl (C=O) groups is 3. The van der Waals surface area contributed by atoms with Gasteiger partial charge in [-0.3, -0.25) is 14.4 Å². The van der Waals surface area contributed by atoms with E-state index in [1.807, 2.05) is 0 Å². The summed E-state index contributed by atoms with van der Waals surface area (Å²) in [6.45, 7) is 2.25. The van der Waals surface area contributed by atoms with E-state index in [0.717, 1.165) is 12.8 Å². The van der Waals surface area contributed by atoms with E-state index < -0.39 is 5.78 Å². The van der Waals surface area contributed by atoms with Gasteiger partial charge < -0.3 is 15.6 Å². The van der Waals surface area contributed by atoms with Crippen LogP contribution in [0, 0.1) is 5.92 Å². The number of hydrogen-bond donors (Lipinski definition) is 3. The van der Waals surface area contributed by atoms with Gasteiger partial charge in [0.15, 0.2) is 11.6 Å². The molecular formula is C21H18Cl2N4O3. The van der Waals surface area contributed by atoms with Gasteiger partial charge in [-0.2, -0.15) is 0 Å². The summed E-state index contributed by atoms with van der Waals surface area (Å²) in [6.07, 6.45) is 4.81. The Morgan fingerprint density at radius 1 is 1.20 bits per heavy atom. The monoisotopic (exact) mass is 444 g/mol. The fourth-order valence-corrected chi connectivity index (χ4v) is 3.88. The average molecular weight is 445 g/mol. The van der Waals surface area contributed by atoms with Gasteiger partial charge in [-0.25, -0.2) is 4.98 Å². The van der Waals surface area contributed by atoms with Crippen molar-refractivity contribution in [3.8, 4) is 0 Å². The van der Waals surface area contributed by atoms with E-state index in [-0.39, 0.29) is 38.9 Å². The molecule has 4 rings (SSSR count). The van der Waals surface area contributed by atoms with E-state index in [0.29, 0.717) is 28.8 Å². The van der Waals surface area contributed by atoms with Gasteiger partial charge in [0.05, 0.1) is 21.1 Å². The van der Waals surface area contributed by atoms with Gasteiger partial charge in [-0.1, -0.05) is 23.2 Å². The number of aromatic amines is 1. The first-order valence-electron chi connectivity index (χ1n) is 9.49. The minimum Gasteiger partial charge on any atom is -0.357 e. The number of hydrogen-bond acceptors (Lipinski definition) is 4. The maximum absolute atomic E-state index is 13.2. The molecule has 30 heavy (non-hydrogen) atoms. The van der Waals surface area contributed by atoms with Crippen LogP contribution in [0.4, 0.5) is 5.82 Å². The molecule has 0 spiro atoms. The molecule has 154 valence electrons. The van der Waals surface area contributed by atoms with Crippen LogP contribution in [0.1, 0.15) is 46.0 Å². The van der Waals surface area contributed by atoms with Crippen molar-refractivity contribution in [1.29, 1.82) is 0 Å². The molecule has 0 bridgehead atoms. The number of anilines is 1. The first kappa shape index (κ1) is 20.4. The lowest BCUT2D eigenvalue weighted by Crippen LogP contribution is -2.22. The van der Waals surface area contributed by atoms with Crippen LogP contribution >= 0.6 is 23.2 Å². The molecule has 1 saturated carbocycles. The molecule has 0 aliphatic heterocycles. The Bertz CT molecular complexity index is 1160. The molecule has 1 fully saturated rings. The minimum absolute atomic E-state index is 0.0270. The van der Waals surface area contributed by atoms with Crippen molar-refractivity contribution < 1.29 is 14.4 Å². The molecule has 3 N–H and O–H groups in total. The molecule has 1 aromatic carbocycles. The number of benzene rings is 1. The lowest BCUT2D eigenvalue weighted by molar-refractivity contribution is -0.117. The molecule has 0 atom stereocenters. The van der Waals surface area contributed by atoms with E-state index in [9.17, 15) is 14.4 Å². The van der Waals surface area contributed by atoms with Crippen LogP contribution in [0.15, 0.2) is 30.6 Å². The van der Waals surface area contributed by atoms with Crippen molar-refractivity contribution >= 4 is 57.5 Å². The molecule has 0 unspecified atom stereocenters. The number of aromatic nitrogens is 2. The Morgan fingerprint density at radius 3 is 2.53 bits per heavy atom. The normalized spacial score (nSPS) is 13.3. The molecule has 2 heterocycles.